The monoisotopic (exact) mass is 731 g/mol. The third-order valence-corrected chi connectivity index (χ3v) is 9.01. The van der Waals surface area contributed by atoms with Crippen LogP contribution in [0.4, 0.5) is 28.0 Å². The molecule has 4 N–H and O–H groups in total. The van der Waals surface area contributed by atoms with E-state index in [0.29, 0.717) is 5.56 Å². The fourth-order valence-corrected chi connectivity index (χ4v) is 6.07. The van der Waals surface area contributed by atoms with E-state index in [0.717, 1.165) is 23.8 Å². The molecule has 3 atom stereocenters. The van der Waals surface area contributed by atoms with Gasteiger partial charge in [0.1, 0.15) is 17.0 Å². The van der Waals surface area contributed by atoms with E-state index in [4.69, 9.17) is 15.2 Å². The minimum Gasteiger partial charge on any atom is -0.444 e. The van der Waals surface area contributed by atoms with Gasteiger partial charge >= 0.3 is 18.2 Å². The van der Waals surface area contributed by atoms with E-state index in [2.05, 4.69) is 15.6 Å². The number of carbonyl (C=O) groups excluding carboxylic acids is 5. The normalized spacial score (nSPS) is 19.3. The summed E-state index contributed by atoms with van der Waals surface area (Å²) in [5.74, 6) is -7.77. The molecule has 2 aromatic rings. The standard InChI is InChI=1S/C36H41F4N5O7/c1-34(2,3)52-33(50)44-35(16-17-35)32(49)51-19-45-27-23(10-7-11-25(27)37)26(21-8-5-4-6-9-21)42-29(31(45)48)43-30(47)22(14-15-36(38,39)40)24(28(41)46)18-20-12-13-20/h4-11,20,22,24,29H,12-19H2,1-3H3,(H2,41,46)(H,43,47)(H,44,50)/t22-,24+,29-/m1/s1. The van der Waals surface area contributed by atoms with Crippen LogP contribution in [-0.2, 0) is 28.7 Å². The number of benzene rings is 2. The van der Waals surface area contributed by atoms with Gasteiger partial charge in [0.2, 0.25) is 18.0 Å². The van der Waals surface area contributed by atoms with E-state index in [1.807, 2.05) is 0 Å². The molecule has 0 spiro atoms. The molecule has 5 rings (SSSR count). The zero-order chi connectivity index (χ0) is 38.0. The van der Waals surface area contributed by atoms with E-state index in [1.165, 1.54) is 12.1 Å². The molecule has 0 bridgehead atoms. The smallest absolute Gasteiger partial charge is 0.408 e. The number of halogens is 4. The molecule has 1 aliphatic heterocycles. The predicted octanol–water partition coefficient (Wildman–Crippen LogP) is 4.87. The molecule has 0 saturated heterocycles. The fraction of sp³-hybridized carbons (Fsp3) is 0.500. The number of hydrogen-bond acceptors (Lipinski definition) is 8. The first-order valence-corrected chi connectivity index (χ1v) is 17.0. The number of fused-ring (bicyclic) bond motifs is 1. The van der Waals surface area contributed by atoms with Crippen LogP contribution >= 0.6 is 0 Å². The second kappa shape index (κ2) is 14.9. The molecule has 2 aromatic carbocycles. The number of nitrogens with two attached hydrogens (primary N) is 1. The molecule has 280 valence electrons. The number of aliphatic imine (C=N–C) groups is 1. The predicted molar refractivity (Wildman–Crippen MR) is 179 cm³/mol. The van der Waals surface area contributed by atoms with Crippen LogP contribution in [0, 0.1) is 23.6 Å². The molecule has 52 heavy (non-hydrogen) atoms. The van der Waals surface area contributed by atoms with E-state index >= 15 is 4.39 Å². The van der Waals surface area contributed by atoms with Crippen LogP contribution < -0.4 is 21.3 Å². The van der Waals surface area contributed by atoms with Crippen LogP contribution in [0.3, 0.4) is 0 Å². The first-order chi connectivity index (χ1) is 24.4. The number of ether oxygens (including phenoxy) is 2. The number of carbonyl (C=O) groups is 5. The quantitative estimate of drug-likeness (QED) is 0.195. The first-order valence-electron chi connectivity index (χ1n) is 17.0. The summed E-state index contributed by atoms with van der Waals surface area (Å²) in [6.45, 7) is 4.03. The highest BCUT2D eigenvalue weighted by molar-refractivity contribution is 6.20. The highest BCUT2D eigenvalue weighted by atomic mass is 19.4. The number of primary amides is 1. The molecular formula is C36H41F4N5O7. The number of esters is 1. The van der Waals surface area contributed by atoms with Crippen molar-refractivity contribution in [2.75, 3.05) is 11.6 Å². The maximum absolute atomic E-state index is 15.8. The molecule has 0 aromatic heterocycles. The zero-order valence-corrected chi connectivity index (χ0v) is 28.9. The summed E-state index contributed by atoms with van der Waals surface area (Å²) in [6, 6.07) is 12.2. The molecule has 0 unspecified atom stereocenters. The number of amides is 4. The Kier molecular flexibility index (Phi) is 11.0. The lowest BCUT2D eigenvalue weighted by atomic mass is 9.83. The minimum absolute atomic E-state index is 0.0168. The van der Waals surface area contributed by atoms with Crippen LogP contribution in [-0.4, -0.2) is 65.7 Å². The molecule has 16 heteroatoms. The highest BCUT2D eigenvalue weighted by Gasteiger charge is 2.54. The van der Waals surface area contributed by atoms with Crippen LogP contribution in [0.15, 0.2) is 53.5 Å². The van der Waals surface area contributed by atoms with Crippen molar-refractivity contribution in [3.8, 4) is 0 Å². The van der Waals surface area contributed by atoms with Crippen molar-refractivity contribution in [2.24, 2.45) is 28.5 Å². The molecule has 3 aliphatic rings. The number of benzodiazepines with no additional fused rings is 1. The van der Waals surface area contributed by atoms with E-state index in [1.54, 1.807) is 51.1 Å². The van der Waals surface area contributed by atoms with Crippen molar-refractivity contribution >= 4 is 41.2 Å². The van der Waals surface area contributed by atoms with Crippen molar-refractivity contribution in [1.29, 1.82) is 0 Å². The Morgan fingerprint density at radius 2 is 1.69 bits per heavy atom. The van der Waals surface area contributed by atoms with Crippen molar-refractivity contribution in [3.05, 3.63) is 65.5 Å². The number of nitrogens with one attached hydrogen (secondary N) is 2. The Labute approximate surface area is 297 Å². The van der Waals surface area contributed by atoms with Gasteiger partial charge in [0.05, 0.1) is 11.4 Å². The number of rotatable bonds is 13. The van der Waals surface area contributed by atoms with Gasteiger partial charge in [0.15, 0.2) is 6.73 Å². The SMILES string of the molecule is CC(C)(C)OC(=O)NC1(C(=O)OCN2C(=O)[C@@H](NC(=O)[C@H](CCC(F)(F)F)[C@H](CC3CC3)C(N)=O)N=C(c3ccccc3)c3cccc(F)c32)CC1. The van der Waals surface area contributed by atoms with Gasteiger partial charge in [-0.05, 0) is 58.4 Å². The number of nitrogens with zero attached hydrogens (tertiary/aromatic N) is 2. The maximum atomic E-state index is 15.8. The largest absolute Gasteiger partial charge is 0.444 e. The Balaban J connectivity index is 1.49. The van der Waals surface area contributed by atoms with Gasteiger partial charge in [-0.2, -0.15) is 13.2 Å². The highest BCUT2D eigenvalue weighted by Crippen LogP contribution is 2.40. The van der Waals surface area contributed by atoms with Gasteiger partial charge in [0.25, 0.3) is 5.91 Å². The summed E-state index contributed by atoms with van der Waals surface area (Å²) in [5.41, 5.74) is 3.48. The topological polar surface area (TPSA) is 169 Å². The Hall–Kier alpha value is -5.02. The summed E-state index contributed by atoms with van der Waals surface area (Å²) >= 11 is 0. The summed E-state index contributed by atoms with van der Waals surface area (Å²) < 4.78 is 66.8. The fourth-order valence-electron chi connectivity index (χ4n) is 6.07. The van der Waals surface area contributed by atoms with Crippen molar-refractivity contribution in [3.63, 3.8) is 0 Å². The van der Waals surface area contributed by atoms with Gasteiger partial charge in [-0.1, -0.05) is 55.3 Å². The third-order valence-electron chi connectivity index (χ3n) is 9.01. The summed E-state index contributed by atoms with van der Waals surface area (Å²) in [6.07, 6.45) is -7.62. The van der Waals surface area contributed by atoms with Crippen LogP contribution in [0.5, 0.6) is 0 Å². The van der Waals surface area contributed by atoms with E-state index < -0.39 is 90.5 Å². The van der Waals surface area contributed by atoms with Gasteiger partial charge in [-0.3, -0.25) is 19.3 Å². The van der Waals surface area contributed by atoms with Crippen molar-refractivity contribution < 1.29 is 51.0 Å². The lowest BCUT2D eigenvalue weighted by Gasteiger charge is -2.28. The Bertz CT molecular complexity index is 1740. The summed E-state index contributed by atoms with van der Waals surface area (Å²) in [4.78, 5) is 71.8. The number of alkyl carbamates (subject to hydrolysis) is 1. The van der Waals surface area contributed by atoms with Crippen LogP contribution in [0.2, 0.25) is 0 Å². The van der Waals surface area contributed by atoms with Crippen molar-refractivity contribution in [2.45, 2.75) is 89.2 Å². The van der Waals surface area contributed by atoms with Gasteiger partial charge in [0, 0.05) is 29.4 Å². The zero-order valence-electron chi connectivity index (χ0n) is 28.9. The molecule has 2 fully saturated rings. The molecule has 4 amide bonds. The summed E-state index contributed by atoms with van der Waals surface area (Å²) in [7, 11) is 0. The summed E-state index contributed by atoms with van der Waals surface area (Å²) in [5, 5.41) is 4.90. The third kappa shape index (κ3) is 9.44. The minimum atomic E-state index is -4.66. The molecule has 12 nitrogen and oxygen atoms in total. The number of anilines is 1. The second-order valence-corrected chi connectivity index (χ2v) is 14.4. The number of para-hydroxylation sites is 1. The maximum Gasteiger partial charge on any atom is 0.408 e. The average molecular weight is 732 g/mol. The first kappa shape index (κ1) is 38.2. The van der Waals surface area contributed by atoms with Gasteiger partial charge in [-0.15, -0.1) is 0 Å². The average Bonchev–Trinajstić information content (AvgIpc) is 3.99. The number of hydrogen-bond donors (Lipinski definition) is 3. The number of alkyl halides is 3. The molecule has 2 aliphatic carbocycles. The Morgan fingerprint density at radius 3 is 2.27 bits per heavy atom. The van der Waals surface area contributed by atoms with E-state index in [9.17, 15) is 37.1 Å². The lowest BCUT2D eigenvalue weighted by Crippen LogP contribution is -2.52. The van der Waals surface area contributed by atoms with Gasteiger partial charge in [-0.25, -0.2) is 19.0 Å². The second-order valence-electron chi connectivity index (χ2n) is 14.4. The van der Waals surface area contributed by atoms with Crippen LogP contribution in [0.1, 0.15) is 76.8 Å². The Morgan fingerprint density at radius 1 is 1.02 bits per heavy atom. The van der Waals surface area contributed by atoms with Gasteiger partial charge < -0.3 is 25.8 Å². The van der Waals surface area contributed by atoms with Crippen molar-refractivity contribution in [1.82, 2.24) is 10.6 Å². The lowest BCUT2D eigenvalue weighted by molar-refractivity contribution is -0.149. The molecule has 2 saturated carbocycles. The van der Waals surface area contributed by atoms with Crippen LogP contribution in [0.25, 0.3) is 0 Å². The molecular weight excluding hydrogens is 690 g/mol. The molecule has 1 heterocycles. The van der Waals surface area contributed by atoms with E-state index in [-0.39, 0.29) is 42.1 Å². The molecule has 0 radical (unpaired) electrons.